The Morgan fingerprint density at radius 2 is 1.88 bits per heavy atom. The molecule has 0 radical (unpaired) electrons. The first kappa shape index (κ1) is 12.3. The molecule has 2 heterocycles. The molecule has 0 amide bonds. The largest absolute Gasteiger partial charge is 0.373 e. The molecule has 94 valence electrons. The SMILES string of the molecule is C[C@@H]1CN(C[C@H]2CC(C)(C)CN2)C[C@H](C)O1. The average molecular weight is 226 g/mol. The van der Waals surface area contributed by atoms with Crippen LogP contribution in [0.25, 0.3) is 0 Å². The van der Waals surface area contributed by atoms with Crippen LogP contribution in [0, 0.1) is 5.41 Å². The molecule has 0 spiro atoms. The summed E-state index contributed by atoms with van der Waals surface area (Å²) in [5.74, 6) is 0. The van der Waals surface area contributed by atoms with Crippen molar-refractivity contribution in [1.29, 1.82) is 0 Å². The highest BCUT2D eigenvalue weighted by molar-refractivity contribution is 4.90. The molecule has 0 bridgehead atoms. The Balaban J connectivity index is 1.81. The molecule has 0 aromatic heterocycles. The second kappa shape index (κ2) is 4.63. The van der Waals surface area contributed by atoms with Gasteiger partial charge in [-0.2, -0.15) is 0 Å². The van der Waals surface area contributed by atoms with Gasteiger partial charge in [0.15, 0.2) is 0 Å². The molecule has 16 heavy (non-hydrogen) atoms. The van der Waals surface area contributed by atoms with Crippen LogP contribution in [-0.4, -0.2) is 49.3 Å². The Bertz CT molecular complexity index is 232. The van der Waals surface area contributed by atoms with E-state index in [4.69, 9.17) is 4.74 Å². The van der Waals surface area contributed by atoms with Gasteiger partial charge in [0.1, 0.15) is 0 Å². The molecular formula is C13H26N2O. The third-order valence-corrected chi connectivity index (χ3v) is 3.64. The molecule has 3 heteroatoms. The maximum absolute atomic E-state index is 5.76. The number of ether oxygens (including phenoxy) is 1. The Labute approximate surface area is 99.5 Å². The molecule has 2 aliphatic heterocycles. The first-order valence-electron chi connectivity index (χ1n) is 6.56. The predicted molar refractivity (Wildman–Crippen MR) is 66.6 cm³/mol. The first-order valence-corrected chi connectivity index (χ1v) is 6.56. The van der Waals surface area contributed by atoms with Gasteiger partial charge < -0.3 is 10.1 Å². The highest BCUT2D eigenvalue weighted by Gasteiger charge is 2.32. The van der Waals surface area contributed by atoms with Crippen LogP contribution in [0.2, 0.25) is 0 Å². The molecule has 1 N–H and O–H groups in total. The number of nitrogens with one attached hydrogen (secondary N) is 1. The summed E-state index contributed by atoms with van der Waals surface area (Å²) >= 11 is 0. The number of hydrogen-bond acceptors (Lipinski definition) is 3. The number of morpholine rings is 1. The highest BCUT2D eigenvalue weighted by Crippen LogP contribution is 2.27. The molecule has 3 nitrogen and oxygen atoms in total. The number of hydrogen-bond donors (Lipinski definition) is 1. The van der Waals surface area contributed by atoms with Crippen LogP contribution < -0.4 is 5.32 Å². The van der Waals surface area contributed by atoms with E-state index >= 15 is 0 Å². The zero-order valence-electron chi connectivity index (χ0n) is 11.1. The monoisotopic (exact) mass is 226 g/mol. The molecule has 0 aromatic carbocycles. The van der Waals surface area contributed by atoms with E-state index in [1.54, 1.807) is 0 Å². The van der Waals surface area contributed by atoms with E-state index in [9.17, 15) is 0 Å². The van der Waals surface area contributed by atoms with E-state index in [1.807, 2.05) is 0 Å². The van der Waals surface area contributed by atoms with Crippen molar-refractivity contribution in [2.24, 2.45) is 5.41 Å². The van der Waals surface area contributed by atoms with Crippen LogP contribution >= 0.6 is 0 Å². The lowest BCUT2D eigenvalue weighted by Crippen LogP contribution is -2.49. The quantitative estimate of drug-likeness (QED) is 0.772. The lowest BCUT2D eigenvalue weighted by molar-refractivity contribution is -0.0695. The maximum atomic E-state index is 5.76. The van der Waals surface area contributed by atoms with Gasteiger partial charge >= 0.3 is 0 Å². The van der Waals surface area contributed by atoms with Crippen molar-refractivity contribution in [3.63, 3.8) is 0 Å². The Kier molecular flexibility index (Phi) is 3.57. The van der Waals surface area contributed by atoms with Crippen LogP contribution in [-0.2, 0) is 4.74 Å². The van der Waals surface area contributed by atoms with Crippen molar-refractivity contribution in [3.05, 3.63) is 0 Å². The van der Waals surface area contributed by atoms with Crippen LogP contribution in [0.3, 0.4) is 0 Å². The topological polar surface area (TPSA) is 24.5 Å². The van der Waals surface area contributed by atoms with Gasteiger partial charge in [0.2, 0.25) is 0 Å². The van der Waals surface area contributed by atoms with Crippen molar-refractivity contribution < 1.29 is 4.74 Å². The van der Waals surface area contributed by atoms with Crippen molar-refractivity contribution in [1.82, 2.24) is 10.2 Å². The summed E-state index contributed by atoms with van der Waals surface area (Å²) in [6.45, 7) is 13.6. The zero-order chi connectivity index (χ0) is 11.8. The molecular weight excluding hydrogens is 200 g/mol. The second-order valence-electron chi connectivity index (χ2n) is 6.42. The van der Waals surface area contributed by atoms with E-state index in [1.165, 1.54) is 13.0 Å². The summed E-state index contributed by atoms with van der Waals surface area (Å²) in [7, 11) is 0. The fraction of sp³-hybridized carbons (Fsp3) is 1.00. The fourth-order valence-corrected chi connectivity index (χ4v) is 3.11. The molecule has 0 saturated carbocycles. The average Bonchev–Trinajstić information content (AvgIpc) is 2.43. The lowest BCUT2D eigenvalue weighted by atomic mass is 9.90. The van der Waals surface area contributed by atoms with Gasteiger partial charge in [-0.3, -0.25) is 4.90 Å². The molecule has 2 aliphatic rings. The van der Waals surface area contributed by atoms with E-state index in [0.29, 0.717) is 23.7 Å². The van der Waals surface area contributed by atoms with Gasteiger partial charge in [0.05, 0.1) is 12.2 Å². The van der Waals surface area contributed by atoms with E-state index in [-0.39, 0.29) is 0 Å². The van der Waals surface area contributed by atoms with Crippen molar-refractivity contribution in [2.45, 2.75) is 52.4 Å². The Morgan fingerprint density at radius 3 is 2.38 bits per heavy atom. The zero-order valence-corrected chi connectivity index (χ0v) is 11.1. The van der Waals surface area contributed by atoms with Crippen LogP contribution in [0.5, 0.6) is 0 Å². The normalized spacial score (nSPS) is 40.1. The fourth-order valence-electron chi connectivity index (χ4n) is 3.11. The highest BCUT2D eigenvalue weighted by atomic mass is 16.5. The van der Waals surface area contributed by atoms with E-state index in [2.05, 4.69) is 37.9 Å². The number of rotatable bonds is 2. The Morgan fingerprint density at radius 1 is 1.25 bits per heavy atom. The lowest BCUT2D eigenvalue weighted by Gasteiger charge is -2.36. The number of nitrogens with zero attached hydrogens (tertiary/aromatic N) is 1. The van der Waals surface area contributed by atoms with Gasteiger partial charge in [0, 0.05) is 32.2 Å². The summed E-state index contributed by atoms with van der Waals surface area (Å²) in [5.41, 5.74) is 0.480. The van der Waals surface area contributed by atoms with Gasteiger partial charge in [-0.05, 0) is 25.7 Å². The summed E-state index contributed by atoms with van der Waals surface area (Å²) in [6.07, 6.45) is 2.07. The summed E-state index contributed by atoms with van der Waals surface area (Å²) < 4.78 is 5.76. The molecule has 2 saturated heterocycles. The third-order valence-electron chi connectivity index (χ3n) is 3.64. The molecule has 0 aromatic rings. The minimum atomic E-state index is 0.387. The molecule has 2 fully saturated rings. The maximum Gasteiger partial charge on any atom is 0.0678 e. The summed E-state index contributed by atoms with van der Waals surface area (Å²) in [6, 6.07) is 0.674. The van der Waals surface area contributed by atoms with Gasteiger partial charge in [-0.25, -0.2) is 0 Å². The van der Waals surface area contributed by atoms with Gasteiger partial charge in [0.25, 0.3) is 0 Å². The minimum absolute atomic E-state index is 0.387. The Hall–Kier alpha value is -0.120. The molecule has 2 rings (SSSR count). The molecule has 0 aliphatic carbocycles. The van der Waals surface area contributed by atoms with Crippen molar-refractivity contribution in [2.75, 3.05) is 26.2 Å². The standard InChI is InChI=1S/C13H26N2O/c1-10-6-15(7-11(2)16-10)8-12-5-13(3,4)9-14-12/h10-12,14H,5-9H2,1-4H3/t10-,11+,12-/m1/s1. The van der Waals surface area contributed by atoms with Crippen molar-refractivity contribution in [3.8, 4) is 0 Å². The van der Waals surface area contributed by atoms with Crippen LogP contribution in [0.4, 0.5) is 0 Å². The van der Waals surface area contributed by atoms with E-state index in [0.717, 1.165) is 19.6 Å². The van der Waals surface area contributed by atoms with Crippen molar-refractivity contribution >= 4 is 0 Å². The smallest absolute Gasteiger partial charge is 0.0678 e. The summed E-state index contributed by atoms with van der Waals surface area (Å²) in [4.78, 5) is 2.55. The minimum Gasteiger partial charge on any atom is -0.373 e. The molecule has 0 unspecified atom stereocenters. The van der Waals surface area contributed by atoms with Crippen LogP contribution in [0.1, 0.15) is 34.1 Å². The van der Waals surface area contributed by atoms with E-state index < -0.39 is 0 Å². The summed E-state index contributed by atoms with van der Waals surface area (Å²) in [5, 5.41) is 3.64. The second-order valence-corrected chi connectivity index (χ2v) is 6.42. The van der Waals surface area contributed by atoms with Gasteiger partial charge in [-0.1, -0.05) is 13.8 Å². The van der Waals surface area contributed by atoms with Crippen LogP contribution in [0.15, 0.2) is 0 Å². The molecule has 3 atom stereocenters. The van der Waals surface area contributed by atoms with Gasteiger partial charge in [-0.15, -0.1) is 0 Å². The third kappa shape index (κ3) is 3.19. The predicted octanol–water partition coefficient (Wildman–Crippen LogP) is 1.48. The first-order chi connectivity index (χ1) is 7.44.